The summed E-state index contributed by atoms with van der Waals surface area (Å²) in [4.78, 5) is 18.8. The number of aromatic nitrogens is 3. The van der Waals surface area contributed by atoms with Crippen LogP contribution in [0.1, 0.15) is 5.56 Å². The molecule has 0 atom stereocenters. The number of fused-ring (bicyclic) bond motifs is 2. The van der Waals surface area contributed by atoms with E-state index in [-0.39, 0.29) is 5.56 Å². The monoisotopic (exact) mass is 339 g/mol. The highest BCUT2D eigenvalue weighted by molar-refractivity contribution is 7.71. The van der Waals surface area contributed by atoms with Crippen molar-refractivity contribution in [1.29, 1.82) is 0 Å². The van der Waals surface area contributed by atoms with Crippen LogP contribution < -0.4 is 5.56 Å². The number of hydrogen-bond acceptors (Lipinski definition) is 2. The smallest absolute Gasteiger partial charge is 0.262 e. The number of hydrogen-bond donors (Lipinski definition) is 2. The van der Waals surface area contributed by atoms with Crippen LogP contribution in [0.2, 0.25) is 0 Å². The van der Waals surface area contributed by atoms with Gasteiger partial charge in [0.1, 0.15) is 5.82 Å². The van der Waals surface area contributed by atoms with Gasteiger partial charge in [-0.15, -0.1) is 0 Å². The minimum atomic E-state index is -0.437. The number of H-pyrrole nitrogens is 2. The third kappa shape index (κ3) is 2.45. The van der Waals surface area contributed by atoms with Gasteiger partial charge in [-0.1, -0.05) is 18.2 Å². The zero-order chi connectivity index (χ0) is 16.7. The lowest BCUT2D eigenvalue weighted by molar-refractivity contribution is 0.626. The molecule has 2 aromatic carbocycles. The molecule has 0 unspecified atom stereocenters. The van der Waals surface area contributed by atoms with Gasteiger partial charge < -0.3 is 9.97 Å². The minimum absolute atomic E-state index is 0.270. The van der Waals surface area contributed by atoms with Crippen molar-refractivity contribution >= 4 is 34.0 Å². The molecule has 2 heterocycles. The van der Waals surface area contributed by atoms with E-state index in [2.05, 4.69) is 9.97 Å². The number of para-hydroxylation sites is 1. The van der Waals surface area contributed by atoms with E-state index < -0.39 is 5.82 Å². The first kappa shape index (κ1) is 14.8. The van der Waals surface area contributed by atoms with Gasteiger partial charge in [-0.25, -0.2) is 4.39 Å². The van der Waals surface area contributed by atoms with Crippen molar-refractivity contribution in [3.8, 4) is 0 Å². The number of halogens is 1. The molecule has 0 bridgehead atoms. The van der Waals surface area contributed by atoms with Gasteiger partial charge in [0, 0.05) is 23.6 Å². The summed E-state index contributed by atoms with van der Waals surface area (Å²) in [5.74, 6) is -0.437. The lowest BCUT2D eigenvalue weighted by Gasteiger charge is -2.08. The molecule has 4 rings (SSSR count). The summed E-state index contributed by atoms with van der Waals surface area (Å²) >= 11 is 5.30. The topological polar surface area (TPSA) is 53.6 Å². The van der Waals surface area contributed by atoms with Gasteiger partial charge in [0.25, 0.3) is 5.56 Å². The molecule has 0 fully saturated rings. The Morgan fingerprint density at radius 3 is 2.79 bits per heavy atom. The number of aromatic amines is 2. The lowest BCUT2D eigenvalue weighted by atomic mass is 10.1. The van der Waals surface area contributed by atoms with Crippen LogP contribution >= 0.6 is 12.2 Å². The second-order valence-electron chi connectivity index (χ2n) is 5.69. The van der Waals surface area contributed by atoms with Crippen LogP contribution in [-0.4, -0.2) is 14.5 Å². The molecule has 24 heavy (non-hydrogen) atoms. The summed E-state index contributed by atoms with van der Waals surface area (Å²) in [7, 11) is 0. The molecule has 2 N–H and O–H groups in total. The second-order valence-corrected chi connectivity index (χ2v) is 6.07. The Bertz CT molecular complexity index is 1170. The van der Waals surface area contributed by atoms with Gasteiger partial charge in [0.2, 0.25) is 0 Å². The van der Waals surface area contributed by atoms with Gasteiger partial charge in [-0.05, 0) is 48.5 Å². The van der Waals surface area contributed by atoms with E-state index in [0.717, 1.165) is 16.5 Å². The van der Waals surface area contributed by atoms with E-state index >= 15 is 0 Å². The maximum absolute atomic E-state index is 13.4. The molecule has 0 aliphatic rings. The first-order valence-electron chi connectivity index (χ1n) is 7.61. The number of benzene rings is 2. The molecular formula is C18H14FN3OS. The largest absolute Gasteiger partial charge is 0.361 e. The number of nitrogens with one attached hydrogen (secondary N) is 2. The average Bonchev–Trinajstić information content (AvgIpc) is 2.99. The zero-order valence-corrected chi connectivity index (χ0v) is 13.5. The number of rotatable bonds is 3. The van der Waals surface area contributed by atoms with Crippen LogP contribution in [0, 0.1) is 10.6 Å². The average molecular weight is 339 g/mol. The highest BCUT2D eigenvalue weighted by Gasteiger charge is 2.08. The van der Waals surface area contributed by atoms with Crippen LogP contribution in [0.15, 0.2) is 53.5 Å². The standard InChI is InChI=1S/C18H14FN3OS/c19-12-5-6-16-14(9-12)17(23)22(18(24)21-16)8-7-11-10-20-15-4-2-1-3-13(11)15/h1-6,9-10,20H,7-8H2,(H,21,24). The summed E-state index contributed by atoms with van der Waals surface area (Å²) in [6.45, 7) is 0.433. The Morgan fingerprint density at radius 1 is 1.08 bits per heavy atom. The van der Waals surface area contributed by atoms with Crippen LogP contribution in [-0.2, 0) is 13.0 Å². The molecule has 0 saturated heterocycles. The SMILES string of the molecule is O=c1c2cc(F)ccc2[nH]c(=S)n1CCc1c[nH]c2ccccc12. The number of nitrogens with zero attached hydrogens (tertiary/aromatic N) is 1. The predicted molar refractivity (Wildman–Crippen MR) is 95.4 cm³/mol. The van der Waals surface area contributed by atoms with E-state index in [1.807, 2.05) is 30.5 Å². The first-order valence-corrected chi connectivity index (χ1v) is 8.02. The molecular weight excluding hydrogens is 325 g/mol. The van der Waals surface area contributed by atoms with Gasteiger partial charge >= 0.3 is 0 Å². The minimum Gasteiger partial charge on any atom is -0.361 e. The van der Waals surface area contributed by atoms with Crippen molar-refractivity contribution in [3.05, 3.63) is 75.2 Å². The fourth-order valence-corrected chi connectivity index (χ4v) is 3.28. The fourth-order valence-electron chi connectivity index (χ4n) is 3.00. The van der Waals surface area contributed by atoms with E-state index in [0.29, 0.717) is 28.6 Å². The predicted octanol–water partition coefficient (Wildman–Crippen LogP) is 3.92. The molecule has 0 saturated carbocycles. The van der Waals surface area contributed by atoms with Crippen LogP contribution in [0.4, 0.5) is 4.39 Å². The Balaban J connectivity index is 1.74. The summed E-state index contributed by atoms with van der Waals surface area (Å²) in [5.41, 5.74) is 2.46. The second kappa shape index (κ2) is 5.72. The van der Waals surface area contributed by atoms with Crippen molar-refractivity contribution in [2.75, 3.05) is 0 Å². The highest BCUT2D eigenvalue weighted by atomic mass is 32.1. The van der Waals surface area contributed by atoms with Crippen LogP contribution in [0.5, 0.6) is 0 Å². The normalized spacial score (nSPS) is 11.4. The fraction of sp³-hybridized carbons (Fsp3) is 0.111. The van der Waals surface area contributed by atoms with Crippen molar-refractivity contribution in [2.24, 2.45) is 0 Å². The summed E-state index contributed by atoms with van der Waals surface area (Å²) < 4.78 is 15.3. The van der Waals surface area contributed by atoms with Gasteiger partial charge in [0.05, 0.1) is 10.9 Å². The van der Waals surface area contributed by atoms with Gasteiger partial charge in [-0.3, -0.25) is 9.36 Å². The summed E-state index contributed by atoms with van der Waals surface area (Å²) in [6.07, 6.45) is 2.60. The molecule has 0 radical (unpaired) electrons. The maximum Gasteiger partial charge on any atom is 0.262 e. The molecule has 4 aromatic rings. The van der Waals surface area contributed by atoms with Crippen molar-refractivity contribution in [1.82, 2.24) is 14.5 Å². The highest BCUT2D eigenvalue weighted by Crippen LogP contribution is 2.18. The molecule has 0 amide bonds. The molecule has 2 aromatic heterocycles. The summed E-state index contributed by atoms with van der Waals surface area (Å²) in [6, 6.07) is 12.1. The Labute approximate surface area is 141 Å². The number of aryl methyl sites for hydroxylation is 1. The first-order chi connectivity index (χ1) is 11.6. The van der Waals surface area contributed by atoms with Crippen molar-refractivity contribution in [2.45, 2.75) is 13.0 Å². The Kier molecular flexibility index (Phi) is 3.54. The van der Waals surface area contributed by atoms with Crippen LogP contribution in [0.25, 0.3) is 21.8 Å². The Morgan fingerprint density at radius 2 is 1.92 bits per heavy atom. The van der Waals surface area contributed by atoms with Gasteiger partial charge in [-0.2, -0.15) is 0 Å². The molecule has 6 heteroatoms. The molecule has 120 valence electrons. The Hall–Kier alpha value is -2.73. The molecule has 0 aliphatic heterocycles. The lowest BCUT2D eigenvalue weighted by Crippen LogP contribution is -2.23. The van der Waals surface area contributed by atoms with E-state index in [4.69, 9.17) is 12.2 Å². The zero-order valence-electron chi connectivity index (χ0n) is 12.7. The molecule has 0 spiro atoms. The van der Waals surface area contributed by atoms with E-state index in [1.165, 1.54) is 22.8 Å². The molecule has 4 nitrogen and oxygen atoms in total. The van der Waals surface area contributed by atoms with Crippen molar-refractivity contribution in [3.63, 3.8) is 0 Å². The van der Waals surface area contributed by atoms with Crippen LogP contribution in [0.3, 0.4) is 0 Å². The third-order valence-corrected chi connectivity index (χ3v) is 4.55. The van der Waals surface area contributed by atoms with E-state index in [9.17, 15) is 9.18 Å². The quantitative estimate of drug-likeness (QED) is 0.556. The third-order valence-electron chi connectivity index (χ3n) is 4.22. The maximum atomic E-state index is 13.4. The summed E-state index contributed by atoms with van der Waals surface area (Å²) in [5, 5.41) is 1.44. The van der Waals surface area contributed by atoms with Gasteiger partial charge in [0.15, 0.2) is 4.77 Å². The van der Waals surface area contributed by atoms with Crippen molar-refractivity contribution < 1.29 is 4.39 Å². The van der Waals surface area contributed by atoms with E-state index in [1.54, 1.807) is 0 Å². The molecule has 0 aliphatic carbocycles.